The molecule has 0 bridgehead atoms. The Morgan fingerprint density at radius 3 is 2.76 bits per heavy atom. The molecular weight excluding hydrogens is 260 g/mol. The minimum absolute atomic E-state index is 0.304. The number of rotatable bonds is 9. The maximum Gasteiger partial charge on any atom is 0.0483 e. The van der Waals surface area contributed by atoms with Crippen LogP contribution in [0.3, 0.4) is 0 Å². The number of aliphatic hydroxyl groups is 1. The Kier molecular flexibility index (Phi) is 6.27. The molecule has 0 aliphatic rings. The van der Waals surface area contributed by atoms with Crippen LogP contribution in [0.4, 0.5) is 0 Å². The van der Waals surface area contributed by atoms with Gasteiger partial charge in [0.05, 0.1) is 0 Å². The number of aliphatic hydroxyl groups excluding tert-OH is 1. The van der Waals surface area contributed by atoms with E-state index < -0.39 is 0 Å². The molecule has 2 aromatic rings. The molecule has 0 amide bonds. The first-order valence-electron chi connectivity index (χ1n) is 8.10. The molecule has 0 aliphatic heterocycles. The fraction of sp³-hybridized carbons (Fsp3) is 0.556. The summed E-state index contributed by atoms with van der Waals surface area (Å²) in [5.74, 6) is 0.684. The number of nitrogens with zero attached hydrogens (tertiary/aromatic N) is 1. The summed E-state index contributed by atoms with van der Waals surface area (Å²) in [6.07, 6.45) is 5.30. The van der Waals surface area contributed by atoms with E-state index in [9.17, 15) is 0 Å². The van der Waals surface area contributed by atoms with Crippen molar-refractivity contribution in [3.8, 4) is 0 Å². The highest BCUT2D eigenvalue weighted by atomic mass is 16.2. The van der Waals surface area contributed by atoms with Crippen LogP contribution in [0.1, 0.15) is 38.7 Å². The van der Waals surface area contributed by atoms with Crippen LogP contribution >= 0.6 is 0 Å². The standard InChI is InChI=1S/C18H28N2O/c1-15(2)13-19-14-16-6-7-17-8-10-20(18(17)12-16)9-4-3-5-11-21/h6-8,10,12,15,19,21H,3-5,9,11,13-14H2,1-2H3. The topological polar surface area (TPSA) is 37.2 Å². The summed E-state index contributed by atoms with van der Waals surface area (Å²) in [7, 11) is 0. The summed E-state index contributed by atoms with van der Waals surface area (Å²) in [5.41, 5.74) is 2.67. The van der Waals surface area contributed by atoms with Gasteiger partial charge >= 0.3 is 0 Å². The first kappa shape index (κ1) is 16.1. The normalized spacial score (nSPS) is 11.6. The zero-order valence-corrected chi connectivity index (χ0v) is 13.3. The Morgan fingerprint density at radius 1 is 1.14 bits per heavy atom. The molecule has 3 nitrogen and oxygen atoms in total. The second kappa shape index (κ2) is 8.20. The zero-order valence-electron chi connectivity index (χ0n) is 13.3. The van der Waals surface area contributed by atoms with Crippen molar-refractivity contribution in [1.82, 2.24) is 9.88 Å². The van der Waals surface area contributed by atoms with Gasteiger partial charge in [-0.05, 0) is 54.8 Å². The second-order valence-corrected chi connectivity index (χ2v) is 6.21. The summed E-state index contributed by atoms with van der Waals surface area (Å²) >= 11 is 0. The quantitative estimate of drug-likeness (QED) is 0.692. The third kappa shape index (κ3) is 4.87. The van der Waals surface area contributed by atoms with Gasteiger partial charge in [-0.3, -0.25) is 0 Å². The first-order valence-corrected chi connectivity index (χ1v) is 8.10. The molecule has 0 fully saturated rings. The highest BCUT2D eigenvalue weighted by Crippen LogP contribution is 2.18. The molecule has 2 N–H and O–H groups in total. The highest BCUT2D eigenvalue weighted by Gasteiger charge is 2.03. The van der Waals surface area contributed by atoms with Crippen molar-refractivity contribution in [3.05, 3.63) is 36.0 Å². The van der Waals surface area contributed by atoms with Crippen molar-refractivity contribution in [3.63, 3.8) is 0 Å². The summed E-state index contributed by atoms with van der Waals surface area (Å²) in [4.78, 5) is 0. The molecule has 0 saturated carbocycles. The summed E-state index contributed by atoms with van der Waals surface area (Å²) in [6, 6.07) is 8.92. The predicted octanol–water partition coefficient (Wildman–Crippen LogP) is 3.55. The number of aromatic nitrogens is 1. The van der Waals surface area contributed by atoms with E-state index in [1.807, 2.05) is 0 Å². The van der Waals surface area contributed by atoms with Gasteiger partial charge in [0.1, 0.15) is 0 Å². The van der Waals surface area contributed by atoms with E-state index in [-0.39, 0.29) is 0 Å². The SMILES string of the molecule is CC(C)CNCc1ccc2ccn(CCCCCO)c2c1. The van der Waals surface area contributed by atoms with Crippen molar-refractivity contribution in [1.29, 1.82) is 0 Å². The lowest BCUT2D eigenvalue weighted by Gasteiger charge is -2.09. The Balaban J connectivity index is 1.99. The maximum absolute atomic E-state index is 8.84. The van der Waals surface area contributed by atoms with Gasteiger partial charge in [-0.25, -0.2) is 0 Å². The van der Waals surface area contributed by atoms with Crippen LogP contribution in [0.5, 0.6) is 0 Å². The van der Waals surface area contributed by atoms with Crippen LogP contribution in [0, 0.1) is 5.92 Å². The van der Waals surface area contributed by atoms with Gasteiger partial charge in [0.15, 0.2) is 0 Å². The lowest BCUT2D eigenvalue weighted by Crippen LogP contribution is -2.18. The van der Waals surface area contributed by atoms with Gasteiger partial charge in [-0.2, -0.15) is 0 Å². The molecular formula is C18H28N2O. The van der Waals surface area contributed by atoms with Crippen molar-refractivity contribution in [2.75, 3.05) is 13.2 Å². The van der Waals surface area contributed by atoms with Crippen molar-refractivity contribution < 1.29 is 5.11 Å². The lowest BCUT2D eigenvalue weighted by atomic mass is 10.1. The summed E-state index contributed by atoms with van der Waals surface area (Å²) < 4.78 is 2.33. The number of benzene rings is 1. The van der Waals surface area contributed by atoms with E-state index in [4.69, 9.17) is 5.11 Å². The Morgan fingerprint density at radius 2 is 2.00 bits per heavy atom. The van der Waals surface area contributed by atoms with E-state index in [0.29, 0.717) is 12.5 Å². The van der Waals surface area contributed by atoms with Gasteiger partial charge in [-0.1, -0.05) is 26.0 Å². The van der Waals surface area contributed by atoms with Gasteiger partial charge in [0, 0.05) is 31.4 Å². The molecule has 116 valence electrons. The van der Waals surface area contributed by atoms with E-state index in [0.717, 1.165) is 38.9 Å². The van der Waals surface area contributed by atoms with Crippen LogP contribution in [0.2, 0.25) is 0 Å². The molecule has 3 heteroatoms. The van der Waals surface area contributed by atoms with Gasteiger partial charge < -0.3 is 15.0 Å². The molecule has 0 spiro atoms. The molecule has 0 saturated heterocycles. The summed E-state index contributed by atoms with van der Waals surface area (Å²) in [5, 5.41) is 13.6. The minimum Gasteiger partial charge on any atom is -0.396 e. The number of aryl methyl sites for hydroxylation is 1. The third-order valence-corrected chi connectivity index (χ3v) is 3.78. The zero-order chi connectivity index (χ0) is 15.1. The molecule has 0 unspecified atom stereocenters. The van der Waals surface area contributed by atoms with E-state index in [2.05, 4.69) is 54.2 Å². The van der Waals surface area contributed by atoms with Crippen molar-refractivity contribution in [2.45, 2.75) is 46.2 Å². The molecule has 1 heterocycles. The maximum atomic E-state index is 8.84. The molecule has 0 aliphatic carbocycles. The van der Waals surface area contributed by atoms with Crippen LogP contribution in [0.15, 0.2) is 30.5 Å². The van der Waals surface area contributed by atoms with Gasteiger partial charge in [-0.15, -0.1) is 0 Å². The Bertz CT molecular complexity index is 545. The van der Waals surface area contributed by atoms with Crippen LogP contribution < -0.4 is 5.32 Å². The number of unbranched alkanes of at least 4 members (excludes halogenated alkanes) is 2. The molecule has 1 aromatic carbocycles. The molecule has 21 heavy (non-hydrogen) atoms. The fourth-order valence-corrected chi connectivity index (χ4v) is 2.61. The van der Waals surface area contributed by atoms with Crippen LogP contribution in [-0.2, 0) is 13.1 Å². The van der Waals surface area contributed by atoms with Gasteiger partial charge in [0.2, 0.25) is 0 Å². The van der Waals surface area contributed by atoms with E-state index >= 15 is 0 Å². The largest absolute Gasteiger partial charge is 0.396 e. The lowest BCUT2D eigenvalue weighted by molar-refractivity contribution is 0.282. The number of nitrogens with one attached hydrogen (secondary N) is 1. The Labute approximate surface area is 128 Å². The molecule has 0 radical (unpaired) electrons. The van der Waals surface area contributed by atoms with E-state index in [1.165, 1.54) is 16.5 Å². The van der Waals surface area contributed by atoms with Crippen molar-refractivity contribution in [2.24, 2.45) is 5.92 Å². The Hall–Kier alpha value is -1.32. The van der Waals surface area contributed by atoms with Crippen LogP contribution in [-0.4, -0.2) is 22.8 Å². The average molecular weight is 288 g/mol. The number of hydrogen-bond acceptors (Lipinski definition) is 2. The van der Waals surface area contributed by atoms with Crippen molar-refractivity contribution >= 4 is 10.9 Å². The van der Waals surface area contributed by atoms with Gasteiger partial charge in [0.25, 0.3) is 0 Å². The summed E-state index contributed by atoms with van der Waals surface area (Å²) in [6.45, 7) is 7.79. The molecule has 1 aromatic heterocycles. The number of fused-ring (bicyclic) bond motifs is 1. The number of hydrogen-bond donors (Lipinski definition) is 2. The highest BCUT2D eigenvalue weighted by molar-refractivity contribution is 5.80. The average Bonchev–Trinajstić information content (AvgIpc) is 2.86. The smallest absolute Gasteiger partial charge is 0.0483 e. The molecule has 2 rings (SSSR count). The first-order chi connectivity index (χ1) is 10.2. The van der Waals surface area contributed by atoms with Crippen LogP contribution in [0.25, 0.3) is 10.9 Å². The van der Waals surface area contributed by atoms with E-state index in [1.54, 1.807) is 0 Å². The minimum atomic E-state index is 0.304. The second-order valence-electron chi connectivity index (χ2n) is 6.21. The monoisotopic (exact) mass is 288 g/mol. The predicted molar refractivity (Wildman–Crippen MR) is 89.4 cm³/mol. The molecule has 0 atom stereocenters. The third-order valence-electron chi connectivity index (χ3n) is 3.78. The fourth-order valence-electron chi connectivity index (χ4n) is 2.61.